The molecule has 2 amide bonds. The Morgan fingerprint density at radius 3 is 2.71 bits per heavy atom. The SMILES string of the molecule is CCCNC(=O)c1ccc(Nc2ncc3c(n2)N(C2CCCC2)CC(F)(F)C(=O)N3C)c(OC)c1. The Hall–Kier alpha value is -3.50. The van der Waals surface area contributed by atoms with Crippen LogP contribution in [-0.2, 0) is 4.79 Å². The van der Waals surface area contributed by atoms with Gasteiger partial charge in [0, 0.05) is 25.2 Å². The Bertz CT molecular complexity index is 1110. The summed E-state index contributed by atoms with van der Waals surface area (Å²) in [5, 5.41) is 5.88. The summed E-state index contributed by atoms with van der Waals surface area (Å²) in [6.45, 7) is 1.81. The van der Waals surface area contributed by atoms with Gasteiger partial charge in [-0.05, 0) is 37.5 Å². The molecule has 1 aromatic heterocycles. The van der Waals surface area contributed by atoms with Crippen molar-refractivity contribution >= 4 is 35.0 Å². The molecule has 1 aliphatic carbocycles. The van der Waals surface area contributed by atoms with Gasteiger partial charge in [-0.2, -0.15) is 13.8 Å². The lowest BCUT2D eigenvalue weighted by Gasteiger charge is -2.31. The van der Waals surface area contributed by atoms with Gasteiger partial charge in [0.15, 0.2) is 5.82 Å². The molecule has 0 unspecified atom stereocenters. The molecule has 1 aromatic carbocycles. The number of carbonyl (C=O) groups excluding carboxylic acids is 2. The van der Waals surface area contributed by atoms with E-state index in [0.717, 1.165) is 37.0 Å². The summed E-state index contributed by atoms with van der Waals surface area (Å²) in [4.78, 5) is 36.0. The summed E-state index contributed by atoms with van der Waals surface area (Å²) in [6.07, 6.45) is 5.60. The standard InChI is InChI=1S/C24H30F2N6O3/c1-4-11-27-21(33)15-9-10-17(19(12-15)35-3)29-23-28-13-18-20(30-23)32(16-7-5-6-8-16)14-24(25,26)22(34)31(18)2/h9-10,12-13,16H,4-8,11,14H2,1-3H3,(H,27,33)(H,28,29,30). The first kappa shape index (κ1) is 24.6. The number of amides is 2. The van der Waals surface area contributed by atoms with Crippen molar-refractivity contribution in [3.63, 3.8) is 0 Å². The van der Waals surface area contributed by atoms with Crippen molar-refractivity contribution in [2.45, 2.75) is 51.0 Å². The molecule has 0 bridgehead atoms. The van der Waals surface area contributed by atoms with Crippen molar-refractivity contribution in [1.82, 2.24) is 15.3 Å². The first-order chi connectivity index (χ1) is 16.7. The van der Waals surface area contributed by atoms with Crippen molar-refractivity contribution < 1.29 is 23.1 Å². The lowest BCUT2D eigenvalue weighted by Crippen LogP contribution is -2.48. The first-order valence-corrected chi connectivity index (χ1v) is 11.8. The topological polar surface area (TPSA) is 99.7 Å². The number of nitrogens with zero attached hydrogens (tertiary/aromatic N) is 4. The monoisotopic (exact) mass is 488 g/mol. The lowest BCUT2D eigenvalue weighted by molar-refractivity contribution is -0.140. The maximum atomic E-state index is 14.8. The Morgan fingerprint density at radius 2 is 2.03 bits per heavy atom. The Kier molecular flexibility index (Phi) is 7.04. The highest BCUT2D eigenvalue weighted by Crippen LogP contribution is 2.40. The number of halogens is 2. The molecule has 0 radical (unpaired) electrons. The average molecular weight is 489 g/mol. The fourth-order valence-electron chi connectivity index (χ4n) is 4.50. The number of ether oxygens (including phenoxy) is 1. The van der Waals surface area contributed by atoms with Gasteiger partial charge in [-0.25, -0.2) is 4.98 Å². The molecule has 4 rings (SSSR count). The number of nitrogens with one attached hydrogen (secondary N) is 2. The molecular weight excluding hydrogens is 458 g/mol. The van der Waals surface area contributed by atoms with Gasteiger partial charge in [-0.1, -0.05) is 19.8 Å². The molecule has 1 saturated carbocycles. The third kappa shape index (κ3) is 4.98. The van der Waals surface area contributed by atoms with E-state index in [1.54, 1.807) is 23.1 Å². The van der Waals surface area contributed by atoms with Gasteiger partial charge >= 0.3 is 5.92 Å². The van der Waals surface area contributed by atoms with Crippen molar-refractivity contribution in [1.29, 1.82) is 0 Å². The normalized spacial score (nSPS) is 17.7. The van der Waals surface area contributed by atoms with Gasteiger partial charge in [-0.15, -0.1) is 0 Å². The molecule has 11 heteroatoms. The summed E-state index contributed by atoms with van der Waals surface area (Å²) in [6, 6.07) is 4.80. The molecule has 2 aliphatic rings. The molecule has 9 nitrogen and oxygen atoms in total. The zero-order chi connectivity index (χ0) is 25.2. The maximum Gasteiger partial charge on any atom is 0.342 e. The van der Waals surface area contributed by atoms with Crippen molar-refractivity contribution in [2.75, 3.05) is 42.4 Å². The number of benzene rings is 1. The zero-order valence-corrected chi connectivity index (χ0v) is 20.1. The predicted molar refractivity (Wildman–Crippen MR) is 129 cm³/mol. The highest BCUT2D eigenvalue weighted by Gasteiger charge is 2.48. The third-order valence-corrected chi connectivity index (χ3v) is 6.38. The number of anilines is 4. The van der Waals surface area contributed by atoms with E-state index in [4.69, 9.17) is 4.74 Å². The van der Waals surface area contributed by atoms with Crippen LogP contribution < -0.4 is 25.2 Å². The van der Waals surface area contributed by atoms with Crippen molar-refractivity contribution in [2.24, 2.45) is 0 Å². The van der Waals surface area contributed by atoms with E-state index in [0.29, 0.717) is 23.5 Å². The molecule has 0 spiro atoms. The number of hydrogen-bond donors (Lipinski definition) is 2. The van der Waals surface area contributed by atoms with Crippen LogP contribution in [0.25, 0.3) is 0 Å². The summed E-state index contributed by atoms with van der Waals surface area (Å²) in [5.41, 5.74) is 1.19. The second-order valence-electron chi connectivity index (χ2n) is 8.83. The number of aromatic nitrogens is 2. The largest absolute Gasteiger partial charge is 0.495 e. The fraction of sp³-hybridized carbons (Fsp3) is 0.500. The van der Waals surface area contributed by atoms with Gasteiger partial charge in [0.1, 0.15) is 11.4 Å². The molecule has 2 aromatic rings. The molecule has 0 saturated heterocycles. The van der Waals surface area contributed by atoms with Gasteiger partial charge in [0.25, 0.3) is 11.8 Å². The van der Waals surface area contributed by atoms with Crippen LogP contribution in [0.15, 0.2) is 24.4 Å². The summed E-state index contributed by atoms with van der Waals surface area (Å²) in [5.74, 6) is -4.17. The molecule has 1 aliphatic heterocycles. The predicted octanol–water partition coefficient (Wildman–Crippen LogP) is 3.73. The Labute approximate surface area is 202 Å². The Morgan fingerprint density at radius 1 is 1.29 bits per heavy atom. The first-order valence-electron chi connectivity index (χ1n) is 11.8. The van der Waals surface area contributed by atoms with E-state index >= 15 is 0 Å². The minimum absolute atomic E-state index is 0.128. The zero-order valence-electron chi connectivity index (χ0n) is 20.1. The highest BCUT2D eigenvalue weighted by molar-refractivity contribution is 6.02. The number of fused-ring (bicyclic) bond motifs is 1. The number of rotatable bonds is 7. The molecule has 0 atom stereocenters. The number of alkyl halides is 2. The quantitative estimate of drug-likeness (QED) is 0.613. The Balaban J connectivity index is 1.67. The van der Waals surface area contributed by atoms with Crippen LogP contribution in [-0.4, -0.2) is 61.0 Å². The molecule has 2 N–H and O–H groups in total. The number of carbonyl (C=O) groups is 2. The third-order valence-electron chi connectivity index (χ3n) is 6.38. The van der Waals surface area contributed by atoms with Crippen LogP contribution in [0, 0.1) is 0 Å². The lowest BCUT2D eigenvalue weighted by atomic mass is 10.1. The molecule has 188 valence electrons. The van der Waals surface area contributed by atoms with E-state index in [1.165, 1.54) is 20.4 Å². The van der Waals surface area contributed by atoms with E-state index in [2.05, 4.69) is 20.6 Å². The van der Waals surface area contributed by atoms with Crippen LogP contribution in [0.5, 0.6) is 5.75 Å². The van der Waals surface area contributed by atoms with E-state index < -0.39 is 18.4 Å². The summed E-state index contributed by atoms with van der Waals surface area (Å²) >= 11 is 0. The minimum Gasteiger partial charge on any atom is -0.495 e. The molecule has 35 heavy (non-hydrogen) atoms. The van der Waals surface area contributed by atoms with Gasteiger partial charge < -0.3 is 25.2 Å². The smallest absolute Gasteiger partial charge is 0.342 e. The minimum atomic E-state index is -3.54. The number of methoxy groups -OCH3 is 1. The van der Waals surface area contributed by atoms with E-state index in [1.807, 2.05) is 6.92 Å². The molecule has 2 heterocycles. The van der Waals surface area contributed by atoms with Crippen LogP contribution in [0.3, 0.4) is 0 Å². The maximum absolute atomic E-state index is 14.8. The number of hydrogen-bond acceptors (Lipinski definition) is 7. The van der Waals surface area contributed by atoms with Gasteiger partial charge in [-0.3, -0.25) is 9.59 Å². The van der Waals surface area contributed by atoms with E-state index in [9.17, 15) is 18.4 Å². The molecule has 1 fully saturated rings. The summed E-state index contributed by atoms with van der Waals surface area (Å²) < 4.78 is 35.0. The van der Waals surface area contributed by atoms with Crippen LogP contribution in [0.2, 0.25) is 0 Å². The second-order valence-corrected chi connectivity index (χ2v) is 8.83. The average Bonchev–Trinajstić information content (AvgIpc) is 3.37. The van der Waals surface area contributed by atoms with Crippen LogP contribution in [0.1, 0.15) is 49.4 Å². The van der Waals surface area contributed by atoms with E-state index in [-0.39, 0.29) is 29.4 Å². The second kappa shape index (κ2) is 10.0. The van der Waals surface area contributed by atoms with Crippen LogP contribution in [0.4, 0.5) is 31.9 Å². The molecular formula is C24H30F2N6O3. The summed E-state index contributed by atoms with van der Waals surface area (Å²) in [7, 11) is 2.80. The van der Waals surface area contributed by atoms with Gasteiger partial charge in [0.2, 0.25) is 5.95 Å². The fourth-order valence-corrected chi connectivity index (χ4v) is 4.50. The van der Waals surface area contributed by atoms with Gasteiger partial charge in [0.05, 0.1) is 25.5 Å². The highest BCUT2D eigenvalue weighted by atomic mass is 19.3. The van der Waals surface area contributed by atoms with Crippen molar-refractivity contribution in [3.05, 3.63) is 30.0 Å². The van der Waals surface area contributed by atoms with Crippen molar-refractivity contribution in [3.8, 4) is 5.75 Å². The van der Waals surface area contributed by atoms with Crippen LogP contribution >= 0.6 is 0 Å².